The second-order valence-corrected chi connectivity index (χ2v) is 10.6. The first-order chi connectivity index (χ1) is 23.4. The Bertz CT molecular complexity index is 1030. The quantitative estimate of drug-likeness (QED) is 0.0662. The van der Waals surface area contributed by atoms with E-state index in [1.165, 1.54) is 0 Å². The summed E-state index contributed by atoms with van der Waals surface area (Å²) >= 11 is 0. The highest BCUT2D eigenvalue weighted by Gasteiger charge is 2.23. The third-order valence-corrected chi connectivity index (χ3v) is 6.52. The molecule has 0 saturated carbocycles. The van der Waals surface area contributed by atoms with E-state index in [2.05, 4.69) is 21.3 Å². The number of amides is 4. The molecule has 0 spiro atoms. The smallest absolute Gasteiger partial charge is 0.338 e. The van der Waals surface area contributed by atoms with Crippen LogP contribution in [0.25, 0.3) is 0 Å². The van der Waals surface area contributed by atoms with Gasteiger partial charge in [0.15, 0.2) is 0 Å². The van der Waals surface area contributed by atoms with Crippen molar-refractivity contribution in [3.8, 4) is 0 Å². The maximum atomic E-state index is 12.9. The molecule has 1 aromatic carbocycles. The molecule has 1 unspecified atom stereocenters. The molecule has 1 rings (SSSR count). The van der Waals surface area contributed by atoms with E-state index in [1.54, 1.807) is 38.5 Å². The van der Waals surface area contributed by atoms with E-state index in [0.717, 1.165) is 0 Å². The van der Waals surface area contributed by atoms with Crippen LogP contribution >= 0.6 is 0 Å². The number of hydrogen-bond acceptors (Lipinski definition) is 11. The molecule has 0 radical (unpaired) electrons. The van der Waals surface area contributed by atoms with Crippen LogP contribution in [0.15, 0.2) is 30.3 Å². The van der Waals surface area contributed by atoms with Crippen molar-refractivity contribution >= 4 is 29.6 Å². The lowest BCUT2D eigenvalue weighted by atomic mass is 10.1. The van der Waals surface area contributed by atoms with Gasteiger partial charge in [-0.25, -0.2) is 4.79 Å². The summed E-state index contributed by atoms with van der Waals surface area (Å²) in [5.41, 5.74) is 0.458. The van der Waals surface area contributed by atoms with E-state index < -0.39 is 29.7 Å². The molecular weight excluding hydrogens is 628 g/mol. The molecule has 1 atom stereocenters. The zero-order chi connectivity index (χ0) is 35.1. The number of hydrogen-bond donors (Lipinski definition) is 4. The van der Waals surface area contributed by atoms with Gasteiger partial charge in [0.25, 0.3) is 0 Å². The van der Waals surface area contributed by atoms with Gasteiger partial charge in [0, 0.05) is 66.5 Å². The van der Waals surface area contributed by atoms with Crippen molar-refractivity contribution in [2.45, 2.75) is 51.0 Å². The molecule has 0 bridgehead atoms. The molecule has 15 heteroatoms. The van der Waals surface area contributed by atoms with Crippen molar-refractivity contribution in [1.82, 2.24) is 21.3 Å². The van der Waals surface area contributed by atoms with Crippen LogP contribution in [0.1, 0.15) is 55.3 Å². The molecule has 0 aliphatic heterocycles. The van der Waals surface area contributed by atoms with Crippen LogP contribution in [0.2, 0.25) is 0 Å². The highest BCUT2D eigenvalue weighted by molar-refractivity contribution is 5.92. The first-order valence-corrected chi connectivity index (χ1v) is 16.4. The van der Waals surface area contributed by atoms with Crippen LogP contribution < -0.4 is 21.3 Å². The van der Waals surface area contributed by atoms with Gasteiger partial charge in [-0.3, -0.25) is 19.2 Å². The van der Waals surface area contributed by atoms with Gasteiger partial charge in [0.1, 0.15) is 12.6 Å². The van der Waals surface area contributed by atoms with E-state index in [4.69, 9.17) is 28.4 Å². The summed E-state index contributed by atoms with van der Waals surface area (Å²) in [6.45, 7) is 4.53. The lowest BCUT2D eigenvalue weighted by Crippen LogP contribution is -2.49. The van der Waals surface area contributed by atoms with Crippen LogP contribution in [-0.4, -0.2) is 129 Å². The highest BCUT2D eigenvalue weighted by atomic mass is 16.6. The third-order valence-electron chi connectivity index (χ3n) is 6.52. The van der Waals surface area contributed by atoms with E-state index in [1.807, 2.05) is 6.07 Å². The molecule has 0 aliphatic carbocycles. The number of carbonyl (C=O) groups excluding carboxylic acids is 5. The van der Waals surface area contributed by atoms with Crippen LogP contribution in [0, 0.1) is 0 Å². The highest BCUT2D eigenvalue weighted by Crippen LogP contribution is 2.02. The molecule has 1 aromatic rings. The molecule has 0 aliphatic rings. The van der Waals surface area contributed by atoms with Crippen molar-refractivity contribution in [3.05, 3.63) is 35.9 Å². The van der Waals surface area contributed by atoms with E-state index in [-0.39, 0.29) is 51.3 Å². The summed E-state index contributed by atoms with van der Waals surface area (Å²) < 4.78 is 31.2. The number of rotatable bonds is 30. The van der Waals surface area contributed by atoms with Gasteiger partial charge in [-0.05, 0) is 37.8 Å². The Hall–Kier alpha value is -3.63. The summed E-state index contributed by atoms with van der Waals surface area (Å²) in [5.74, 6) is -1.97. The number of nitrogens with one attached hydrogen (secondary N) is 4. The fourth-order valence-corrected chi connectivity index (χ4v) is 3.99. The Kier molecular flexibility index (Phi) is 26.1. The maximum Gasteiger partial charge on any atom is 0.338 e. The first-order valence-electron chi connectivity index (χ1n) is 16.4. The summed E-state index contributed by atoms with van der Waals surface area (Å²) in [6.07, 6.45) is 1.89. The van der Waals surface area contributed by atoms with Gasteiger partial charge in [-0.15, -0.1) is 0 Å². The first kappa shape index (κ1) is 42.4. The molecule has 0 aromatic heterocycles. The predicted molar refractivity (Wildman–Crippen MR) is 176 cm³/mol. The number of esters is 1. The van der Waals surface area contributed by atoms with Crippen molar-refractivity contribution in [2.24, 2.45) is 0 Å². The Balaban J connectivity index is 2.39. The van der Waals surface area contributed by atoms with Crippen LogP contribution in [0.3, 0.4) is 0 Å². The molecule has 0 fully saturated rings. The van der Waals surface area contributed by atoms with E-state index in [0.29, 0.717) is 84.2 Å². The molecule has 272 valence electrons. The van der Waals surface area contributed by atoms with Crippen molar-refractivity contribution in [1.29, 1.82) is 0 Å². The Morgan fingerprint density at radius 2 is 1.10 bits per heavy atom. The average molecular weight is 683 g/mol. The van der Waals surface area contributed by atoms with Gasteiger partial charge >= 0.3 is 5.97 Å². The monoisotopic (exact) mass is 682 g/mol. The summed E-state index contributed by atoms with van der Waals surface area (Å²) in [4.78, 5) is 62.2. The average Bonchev–Trinajstić information content (AvgIpc) is 3.08. The van der Waals surface area contributed by atoms with Crippen molar-refractivity contribution in [3.63, 3.8) is 0 Å². The van der Waals surface area contributed by atoms with Crippen LogP contribution in [-0.2, 0) is 47.6 Å². The Labute approximate surface area is 283 Å². The van der Waals surface area contributed by atoms with Gasteiger partial charge in [0.2, 0.25) is 23.6 Å². The summed E-state index contributed by atoms with van der Waals surface area (Å²) in [6, 6.07) is 7.54. The molecule has 15 nitrogen and oxygen atoms in total. The minimum absolute atomic E-state index is 0.0143. The second kappa shape index (κ2) is 29.5. The van der Waals surface area contributed by atoms with Crippen molar-refractivity contribution < 1.29 is 52.4 Å². The largest absolute Gasteiger partial charge is 0.460 e. The molecule has 0 heterocycles. The fourth-order valence-electron chi connectivity index (χ4n) is 3.99. The van der Waals surface area contributed by atoms with Crippen molar-refractivity contribution in [2.75, 3.05) is 93.3 Å². The standard InChI is InChI=1S/C33H54N4O11/c1-43-20-22-45-17-7-14-34-29(38)12-6-13-30(39)37-28(26-31(40)35-15-8-18-46-23-21-44-2)32(41)36-16-9-19-47-24-25-48-33(42)27-10-4-3-5-11-27/h3-5,10-11,28H,6-9,12-26H2,1-2H3,(H,34,38)(H,35,40)(H,36,41)(H,37,39). The summed E-state index contributed by atoms with van der Waals surface area (Å²) in [5, 5.41) is 10.9. The Morgan fingerprint density at radius 1 is 0.583 bits per heavy atom. The maximum absolute atomic E-state index is 12.9. The van der Waals surface area contributed by atoms with E-state index >= 15 is 0 Å². The van der Waals surface area contributed by atoms with Gasteiger partial charge in [-0.1, -0.05) is 18.2 Å². The zero-order valence-corrected chi connectivity index (χ0v) is 28.4. The normalized spacial score (nSPS) is 11.4. The van der Waals surface area contributed by atoms with E-state index in [9.17, 15) is 24.0 Å². The summed E-state index contributed by atoms with van der Waals surface area (Å²) in [7, 11) is 3.18. The molecule has 4 amide bonds. The third kappa shape index (κ3) is 23.7. The lowest BCUT2D eigenvalue weighted by Gasteiger charge is -2.18. The van der Waals surface area contributed by atoms with Gasteiger partial charge in [0.05, 0.1) is 45.0 Å². The van der Waals surface area contributed by atoms with Gasteiger partial charge in [-0.2, -0.15) is 0 Å². The lowest BCUT2D eigenvalue weighted by molar-refractivity contribution is -0.132. The second-order valence-electron chi connectivity index (χ2n) is 10.6. The Morgan fingerprint density at radius 3 is 1.69 bits per heavy atom. The number of benzene rings is 1. The topological polar surface area (TPSA) is 189 Å². The van der Waals surface area contributed by atoms with Crippen LogP contribution in [0.4, 0.5) is 0 Å². The minimum Gasteiger partial charge on any atom is -0.460 e. The number of ether oxygens (including phenoxy) is 6. The predicted octanol–water partition coefficient (Wildman–Crippen LogP) is 0.750. The van der Waals surface area contributed by atoms with Crippen LogP contribution in [0.5, 0.6) is 0 Å². The zero-order valence-electron chi connectivity index (χ0n) is 28.4. The number of carbonyl (C=O) groups is 5. The molecule has 48 heavy (non-hydrogen) atoms. The molecular formula is C33H54N4O11. The number of methoxy groups -OCH3 is 2. The minimum atomic E-state index is -1.10. The molecule has 4 N–H and O–H groups in total. The molecule has 0 saturated heterocycles. The van der Waals surface area contributed by atoms with Gasteiger partial charge < -0.3 is 49.7 Å². The SMILES string of the molecule is COCCOCCCNC(=O)CCCC(=O)NC(CC(=O)NCCCOCCOC)C(=O)NCCCOCCOC(=O)c1ccccc1. The fraction of sp³-hybridized carbons (Fsp3) is 0.667.